The summed E-state index contributed by atoms with van der Waals surface area (Å²) >= 11 is 0. The second-order valence-corrected chi connectivity index (χ2v) is 6.88. The average Bonchev–Trinajstić information content (AvgIpc) is 3.48. The molecule has 8 heteroatoms. The van der Waals surface area contributed by atoms with Crippen molar-refractivity contribution >= 4 is 5.91 Å². The molecule has 8 nitrogen and oxygen atoms in total. The van der Waals surface area contributed by atoms with Crippen LogP contribution in [0.1, 0.15) is 16.2 Å². The van der Waals surface area contributed by atoms with Gasteiger partial charge in [-0.1, -0.05) is 0 Å². The fraction of sp³-hybridized carbons (Fsp3) is 0.300. The first-order chi connectivity index (χ1) is 13.8. The summed E-state index contributed by atoms with van der Waals surface area (Å²) < 4.78 is 16.1. The number of furan rings is 1. The maximum Gasteiger partial charge on any atom is 0.271 e. The van der Waals surface area contributed by atoms with Gasteiger partial charge in [0.2, 0.25) is 6.79 Å². The number of ether oxygens (including phenoxy) is 2. The average molecular weight is 380 g/mol. The third-order valence-electron chi connectivity index (χ3n) is 5.10. The Kier molecular flexibility index (Phi) is 4.25. The number of H-pyrrole nitrogens is 1. The molecule has 144 valence electrons. The zero-order valence-corrected chi connectivity index (χ0v) is 15.3. The van der Waals surface area contributed by atoms with E-state index in [1.165, 1.54) is 0 Å². The van der Waals surface area contributed by atoms with Crippen LogP contribution in [0, 0.1) is 0 Å². The minimum Gasteiger partial charge on any atom is -0.468 e. The Morgan fingerprint density at radius 1 is 1.07 bits per heavy atom. The molecule has 0 radical (unpaired) electrons. The lowest BCUT2D eigenvalue weighted by molar-refractivity contribution is 0.0614. The molecule has 1 aromatic carbocycles. The number of aromatic nitrogens is 2. The maximum atomic E-state index is 12.8. The minimum atomic E-state index is -0.0304. The number of nitrogens with zero attached hydrogens (tertiary/aromatic N) is 3. The molecule has 0 spiro atoms. The molecule has 0 saturated carbocycles. The zero-order valence-electron chi connectivity index (χ0n) is 15.3. The lowest BCUT2D eigenvalue weighted by Crippen LogP contribution is -2.48. The van der Waals surface area contributed by atoms with Gasteiger partial charge in [-0.15, -0.1) is 0 Å². The molecule has 2 aliphatic heterocycles. The molecule has 0 aliphatic carbocycles. The first-order valence-electron chi connectivity index (χ1n) is 9.26. The quantitative estimate of drug-likeness (QED) is 0.748. The van der Waals surface area contributed by atoms with Gasteiger partial charge in [-0.25, -0.2) is 0 Å². The molecular formula is C20H20N4O4. The van der Waals surface area contributed by atoms with E-state index >= 15 is 0 Å². The lowest BCUT2D eigenvalue weighted by atomic mass is 10.1. The smallest absolute Gasteiger partial charge is 0.271 e. The van der Waals surface area contributed by atoms with Gasteiger partial charge >= 0.3 is 0 Å². The number of carbonyl (C=O) groups excluding carboxylic acids is 1. The van der Waals surface area contributed by atoms with Gasteiger partial charge in [0, 0.05) is 31.7 Å². The molecule has 4 heterocycles. The molecule has 28 heavy (non-hydrogen) atoms. The van der Waals surface area contributed by atoms with E-state index in [1.807, 2.05) is 35.2 Å². The van der Waals surface area contributed by atoms with E-state index in [0.29, 0.717) is 30.2 Å². The van der Waals surface area contributed by atoms with Gasteiger partial charge in [-0.2, -0.15) is 5.10 Å². The highest BCUT2D eigenvalue weighted by Gasteiger charge is 2.24. The SMILES string of the molecule is O=C(c1cc(-c2ccc3c(c2)OCO3)n[nH]1)N1CCN(Cc2ccco2)CC1. The van der Waals surface area contributed by atoms with Crippen molar-refractivity contribution in [1.29, 1.82) is 0 Å². The number of nitrogens with one attached hydrogen (secondary N) is 1. The van der Waals surface area contributed by atoms with E-state index in [2.05, 4.69) is 15.1 Å². The fourth-order valence-corrected chi connectivity index (χ4v) is 3.54. The van der Waals surface area contributed by atoms with Crippen molar-refractivity contribution in [2.45, 2.75) is 6.54 Å². The van der Waals surface area contributed by atoms with Crippen molar-refractivity contribution in [3.8, 4) is 22.8 Å². The van der Waals surface area contributed by atoms with Crippen molar-refractivity contribution in [1.82, 2.24) is 20.0 Å². The van der Waals surface area contributed by atoms with Crippen molar-refractivity contribution in [2.24, 2.45) is 0 Å². The molecular weight excluding hydrogens is 360 g/mol. The molecule has 1 saturated heterocycles. The van der Waals surface area contributed by atoms with Crippen LogP contribution in [0.2, 0.25) is 0 Å². The van der Waals surface area contributed by atoms with E-state index in [4.69, 9.17) is 13.9 Å². The molecule has 1 amide bonds. The zero-order chi connectivity index (χ0) is 18.9. The molecule has 0 unspecified atom stereocenters. The van der Waals surface area contributed by atoms with Crippen LogP contribution in [0.5, 0.6) is 11.5 Å². The highest BCUT2D eigenvalue weighted by Crippen LogP contribution is 2.35. The third-order valence-corrected chi connectivity index (χ3v) is 5.10. The molecule has 2 aliphatic rings. The summed E-state index contributed by atoms with van der Waals surface area (Å²) in [5.74, 6) is 2.34. The molecule has 1 N–H and O–H groups in total. The molecule has 2 aromatic heterocycles. The van der Waals surface area contributed by atoms with Gasteiger partial charge in [0.15, 0.2) is 11.5 Å². The number of benzene rings is 1. The summed E-state index contributed by atoms with van der Waals surface area (Å²) in [6.07, 6.45) is 1.69. The largest absolute Gasteiger partial charge is 0.468 e. The number of hydrogen-bond acceptors (Lipinski definition) is 6. The van der Waals surface area contributed by atoms with Gasteiger partial charge in [-0.05, 0) is 36.4 Å². The van der Waals surface area contributed by atoms with E-state index in [9.17, 15) is 4.79 Å². The predicted molar refractivity (Wildman–Crippen MR) is 100 cm³/mol. The summed E-state index contributed by atoms with van der Waals surface area (Å²) in [6.45, 7) is 3.99. The van der Waals surface area contributed by atoms with Crippen molar-refractivity contribution in [2.75, 3.05) is 33.0 Å². The Morgan fingerprint density at radius 3 is 2.75 bits per heavy atom. The van der Waals surface area contributed by atoms with Crippen molar-refractivity contribution in [3.63, 3.8) is 0 Å². The van der Waals surface area contributed by atoms with E-state index < -0.39 is 0 Å². The number of hydrogen-bond donors (Lipinski definition) is 1. The third kappa shape index (κ3) is 3.22. The summed E-state index contributed by atoms with van der Waals surface area (Å²) in [4.78, 5) is 17.0. The number of carbonyl (C=O) groups is 1. The van der Waals surface area contributed by atoms with E-state index in [1.54, 1.807) is 12.3 Å². The van der Waals surface area contributed by atoms with E-state index in [-0.39, 0.29) is 12.7 Å². The van der Waals surface area contributed by atoms with Gasteiger partial charge in [-0.3, -0.25) is 14.8 Å². The van der Waals surface area contributed by atoms with Crippen molar-refractivity contribution < 1.29 is 18.7 Å². The maximum absolute atomic E-state index is 12.8. The molecule has 0 atom stereocenters. The monoisotopic (exact) mass is 380 g/mol. The Labute approximate surface area is 161 Å². The van der Waals surface area contributed by atoms with Crippen LogP contribution in [0.25, 0.3) is 11.3 Å². The predicted octanol–water partition coefficient (Wildman–Crippen LogP) is 2.36. The van der Waals surface area contributed by atoms with Crippen LogP contribution < -0.4 is 9.47 Å². The number of piperazine rings is 1. The second kappa shape index (κ2) is 7.05. The summed E-state index contributed by atoms with van der Waals surface area (Å²) in [7, 11) is 0. The Morgan fingerprint density at radius 2 is 1.93 bits per heavy atom. The van der Waals surface area contributed by atoms with Crippen LogP contribution in [0.3, 0.4) is 0 Å². The lowest BCUT2D eigenvalue weighted by Gasteiger charge is -2.33. The topological polar surface area (TPSA) is 83.8 Å². The molecule has 5 rings (SSSR count). The van der Waals surface area contributed by atoms with Crippen LogP contribution in [-0.4, -0.2) is 58.9 Å². The number of fused-ring (bicyclic) bond motifs is 1. The molecule has 0 bridgehead atoms. The normalized spacial score (nSPS) is 16.5. The molecule has 1 fully saturated rings. The Balaban J connectivity index is 1.23. The Bertz CT molecular complexity index is 974. The first-order valence-corrected chi connectivity index (χ1v) is 9.26. The highest BCUT2D eigenvalue weighted by atomic mass is 16.7. The number of amides is 1. The summed E-state index contributed by atoms with van der Waals surface area (Å²) in [6, 6.07) is 11.3. The van der Waals surface area contributed by atoms with Crippen molar-refractivity contribution in [3.05, 3.63) is 54.1 Å². The van der Waals surface area contributed by atoms with Gasteiger partial charge in [0.25, 0.3) is 5.91 Å². The van der Waals surface area contributed by atoms with Gasteiger partial charge in [0.05, 0.1) is 18.5 Å². The van der Waals surface area contributed by atoms with Crippen LogP contribution in [-0.2, 0) is 6.54 Å². The number of rotatable bonds is 4. The molecule has 3 aromatic rings. The fourth-order valence-electron chi connectivity index (χ4n) is 3.54. The number of aromatic amines is 1. The second-order valence-electron chi connectivity index (χ2n) is 6.88. The van der Waals surface area contributed by atoms with E-state index in [0.717, 1.165) is 36.7 Å². The summed E-state index contributed by atoms with van der Waals surface area (Å²) in [5, 5.41) is 7.18. The van der Waals surface area contributed by atoms with Crippen LogP contribution in [0.15, 0.2) is 47.1 Å². The van der Waals surface area contributed by atoms with Gasteiger partial charge < -0.3 is 18.8 Å². The first kappa shape index (κ1) is 16.9. The van der Waals surface area contributed by atoms with Gasteiger partial charge in [0.1, 0.15) is 11.5 Å². The minimum absolute atomic E-state index is 0.0304. The summed E-state index contributed by atoms with van der Waals surface area (Å²) in [5.41, 5.74) is 2.08. The van der Waals surface area contributed by atoms with Crippen LogP contribution in [0.4, 0.5) is 0 Å². The highest BCUT2D eigenvalue weighted by molar-refractivity contribution is 5.93. The van der Waals surface area contributed by atoms with Crippen LogP contribution >= 0.6 is 0 Å². The Hall–Kier alpha value is -3.26. The standard InChI is InChI=1S/C20H20N4O4/c25-20(24-7-5-23(6-8-24)12-15-2-1-9-26-15)17-11-16(21-22-17)14-3-4-18-19(10-14)28-13-27-18/h1-4,9-11H,5-8,12-13H2,(H,21,22).